The highest BCUT2D eigenvalue weighted by Crippen LogP contribution is 2.15. The van der Waals surface area contributed by atoms with Crippen LogP contribution in [0.25, 0.3) is 0 Å². The zero-order chi connectivity index (χ0) is 10.6. The van der Waals surface area contributed by atoms with Crippen LogP contribution in [0, 0.1) is 0 Å². The lowest BCUT2D eigenvalue weighted by molar-refractivity contribution is 0.479. The Labute approximate surface area is 84.2 Å². The molecule has 1 unspecified atom stereocenters. The van der Waals surface area contributed by atoms with Crippen LogP contribution in [0.1, 0.15) is 32.6 Å². The Balaban J connectivity index is 2.58. The Morgan fingerprint density at radius 2 is 2.21 bits per heavy atom. The van der Waals surface area contributed by atoms with Gasteiger partial charge in [0, 0.05) is 6.04 Å². The summed E-state index contributed by atoms with van der Waals surface area (Å²) in [5.41, 5.74) is 5.68. The Kier molecular flexibility index (Phi) is 3.56. The normalized spacial score (nSPS) is 14.4. The first-order chi connectivity index (χ1) is 6.59. The summed E-state index contributed by atoms with van der Waals surface area (Å²) in [4.78, 5) is 4.25. The van der Waals surface area contributed by atoms with Gasteiger partial charge in [-0.15, -0.1) is 0 Å². The molecule has 0 aliphatic rings. The minimum Gasteiger partial charge on any atom is -0.467 e. The molecule has 0 aliphatic carbocycles. The molecule has 78 valence electrons. The Bertz CT molecular complexity index is 290. The first kappa shape index (κ1) is 10.6. The lowest BCUT2D eigenvalue weighted by Crippen LogP contribution is -2.36. The molecule has 0 aromatic carbocycles. The first-order valence-corrected chi connectivity index (χ1v) is 4.73. The third kappa shape index (κ3) is 3.12. The highest BCUT2D eigenvalue weighted by Gasteiger charge is 2.06. The van der Waals surface area contributed by atoms with Crippen LogP contribution in [0.2, 0.25) is 0 Å². The van der Waals surface area contributed by atoms with Gasteiger partial charge in [-0.1, -0.05) is 0 Å². The minimum atomic E-state index is -0.0451. The fourth-order valence-corrected chi connectivity index (χ4v) is 1.13. The summed E-state index contributed by atoms with van der Waals surface area (Å²) in [7, 11) is 0. The average Bonchev–Trinajstić information content (AvgIpc) is 2.53. The van der Waals surface area contributed by atoms with Crippen LogP contribution >= 0.6 is 0 Å². The minimum absolute atomic E-state index is 0.0451. The zero-order valence-electron chi connectivity index (χ0n) is 8.82. The van der Waals surface area contributed by atoms with Gasteiger partial charge in [0.15, 0.2) is 5.96 Å². The summed E-state index contributed by atoms with van der Waals surface area (Å²) in [6, 6.07) is 3.98. The number of guanidine groups is 1. The van der Waals surface area contributed by atoms with Crippen LogP contribution in [0.3, 0.4) is 0 Å². The molecule has 0 saturated heterocycles. The summed E-state index contributed by atoms with van der Waals surface area (Å²) in [6.45, 7) is 5.97. The van der Waals surface area contributed by atoms with Crippen molar-refractivity contribution < 1.29 is 4.42 Å². The maximum atomic E-state index is 5.68. The van der Waals surface area contributed by atoms with E-state index in [0.717, 1.165) is 5.76 Å². The molecule has 14 heavy (non-hydrogen) atoms. The molecule has 0 radical (unpaired) electrons. The van der Waals surface area contributed by atoms with Crippen LogP contribution in [0.4, 0.5) is 0 Å². The number of furan rings is 1. The van der Waals surface area contributed by atoms with Gasteiger partial charge in [0.05, 0.1) is 6.26 Å². The van der Waals surface area contributed by atoms with Gasteiger partial charge in [0.1, 0.15) is 11.8 Å². The van der Waals surface area contributed by atoms with Gasteiger partial charge in [0.2, 0.25) is 0 Å². The van der Waals surface area contributed by atoms with Gasteiger partial charge >= 0.3 is 0 Å². The molecule has 1 aromatic rings. The molecule has 3 N–H and O–H groups in total. The van der Waals surface area contributed by atoms with Crippen LogP contribution in [0.15, 0.2) is 27.8 Å². The number of nitrogens with one attached hydrogen (secondary N) is 1. The summed E-state index contributed by atoms with van der Waals surface area (Å²) in [5, 5.41) is 3.02. The largest absolute Gasteiger partial charge is 0.467 e. The summed E-state index contributed by atoms with van der Waals surface area (Å²) >= 11 is 0. The number of hydrogen-bond donors (Lipinski definition) is 2. The van der Waals surface area contributed by atoms with Crippen LogP contribution in [-0.4, -0.2) is 12.0 Å². The molecule has 0 fully saturated rings. The average molecular weight is 195 g/mol. The van der Waals surface area contributed by atoms with Gasteiger partial charge < -0.3 is 15.5 Å². The molecule has 1 atom stereocenters. The van der Waals surface area contributed by atoms with Gasteiger partial charge in [0.25, 0.3) is 0 Å². The van der Waals surface area contributed by atoms with E-state index in [-0.39, 0.29) is 6.04 Å². The van der Waals surface area contributed by atoms with Crippen molar-refractivity contribution in [3.63, 3.8) is 0 Å². The van der Waals surface area contributed by atoms with Crippen molar-refractivity contribution in [1.29, 1.82) is 0 Å². The predicted octanol–water partition coefficient (Wildman–Crippen LogP) is 1.65. The van der Waals surface area contributed by atoms with E-state index < -0.39 is 0 Å². The van der Waals surface area contributed by atoms with Crippen LogP contribution in [0.5, 0.6) is 0 Å². The molecular formula is C10H17N3O. The number of nitrogens with zero attached hydrogens (tertiary/aromatic N) is 1. The van der Waals surface area contributed by atoms with Gasteiger partial charge in [-0.3, -0.25) is 0 Å². The van der Waals surface area contributed by atoms with E-state index in [1.807, 2.05) is 32.9 Å². The maximum Gasteiger partial charge on any atom is 0.189 e. The highest BCUT2D eigenvalue weighted by molar-refractivity contribution is 5.78. The molecule has 0 bridgehead atoms. The predicted molar refractivity (Wildman–Crippen MR) is 57.0 cm³/mol. The summed E-state index contributed by atoms with van der Waals surface area (Å²) in [5.74, 6) is 1.27. The van der Waals surface area contributed by atoms with Gasteiger partial charge in [-0.25, -0.2) is 4.99 Å². The van der Waals surface area contributed by atoms with E-state index in [4.69, 9.17) is 10.2 Å². The number of hydrogen-bond acceptors (Lipinski definition) is 2. The molecule has 4 nitrogen and oxygen atoms in total. The first-order valence-electron chi connectivity index (χ1n) is 4.73. The van der Waals surface area contributed by atoms with E-state index in [1.165, 1.54) is 0 Å². The molecule has 0 spiro atoms. The smallest absolute Gasteiger partial charge is 0.189 e. The zero-order valence-corrected chi connectivity index (χ0v) is 8.82. The van der Waals surface area contributed by atoms with E-state index in [1.54, 1.807) is 6.26 Å². The number of nitrogens with two attached hydrogens (primary N) is 1. The molecule has 1 aromatic heterocycles. The lowest BCUT2D eigenvalue weighted by atomic mass is 10.3. The van der Waals surface area contributed by atoms with Crippen molar-refractivity contribution in [2.75, 3.05) is 0 Å². The van der Waals surface area contributed by atoms with Crippen molar-refractivity contribution >= 4 is 5.96 Å². The Hall–Kier alpha value is -1.45. The van der Waals surface area contributed by atoms with E-state index in [9.17, 15) is 0 Å². The van der Waals surface area contributed by atoms with Crippen molar-refractivity contribution in [3.8, 4) is 0 Å². The third-order valence-corrected chi connectivity index (χ3v) is 1.72. The van der Waals surface area contributed by atoms with E-state index in [2.05, 4.69) is 10.3 Å². The monoisotopic (exact) mass is 195 g/mol. The molecular weight excluding hydrogens is 178 g/mol. The standard InChI is InChI=1S/C10H17N3O/c1-7(2)12-10(11)13-8(3)9-5-4-6-14-9/h4-8H,1-3H3,(H3,11,12,13). The molecule has 0 saturated carbocycles. The van der Waals surface area contributed by atoms with Gasteiger partial charge in [-0.2, -0.15) is 0 Å². The van der Waals surface area contributed by atoms with Crippen molar-refractivity contribution in [2.24, 2.45) is 10.7 Å². The van der Waals surface area contributed by atoms with Crippen LogP contribution < -0.4 is 11.1 Å². The molecule has 1 rings (SSSR count). The second kappa shape index (κ2) is 4.69. The second-order valence-electron chi connectivity index (χ2n) is 3.50. The maximum absolute atomic E-state index is 5.68. The Morgan fingerprint density at radius 3 is 2.71 bits per heavy atom. The SMILES string of the molecule is CC(C)NC(N)=NC(C)c1ccco1. The fraction of sp³-hybridized carbons (Fsp3) is 0.500. The van der Waals surface area contributed by atoms with Crippen molar-refractivity contribution in [1.82, 2.24) is 5.32 Å². The van der Waals surface area contributed by atoms with E-state index >= 15 is 0 Å². The third-order valence-electron chi connectivity index (χ3n) is 1.72. The van der Waals surface area contributed by atoms with Crippen molar-refractivity contribution in [2.45, 2.75) is 32.9 Å². The topological polar surface area (TPSA) is 63.5 Å². The van der Waals surface area contributed by atoms with Crippen molar-refractivity contribution in [3.05, 3.63) is 24.2 Å². The quantitative estimate of drug-likeness (QED) is 0.569. The Morgan fingerprint density at radius 1 is 1.50 bits per heavy atom. The molecule has 0 aliphatic heterocycles. The number of aliphatic imine (C=N–C) groups is 1. The lowest BCUT2D eigenvalue weighted by Gasteiger charge is -2.10. The molecule has 1 heterocycles. The molecule has 0 amide bonds. The highest BCUT2D eigenvalue weighted by atomic mass is 16.3. The summed E-state index contributed by atoms with van der Waals surface area (Å²) in [6.07, 6.45) is 1.63. The number of rotatable bonds is 3. The second-order valence-corrected chi connectivity index (χ2v) is 3.50. The van der Waals surface area contributed by atoms with Crippen LogP contribution in [-0.2, 0) is 0 Å². The van der Waals surface area contributed by atoms with Gasteiger partial charge in [-0.05, 0) is 32.9 Å². The summed E-state index contributed by atoms with van der Waals surface area (Å²) < 4.78 is 5.21. The molecule has 4 heteroatoms. The van der Waals surface area contributed by atoms with E-state index in [0.29, 0.717) is 12.0 Å². The fourth-order valence-electron chi connectivity index (χ4n) is 1.13.